The average molecular weight is 393 g/mol. The normalized spacial score (nSPS) is 28.7. The predicted molar refractivity (Wildman–Crippen MR) is 110 cm³/mol. The summed E-state index contributed by atoms with van der Waals surface area (Å²) in [5, 5.41) is 0. The van der Waals surface area contributed by atoms with E-state index in [9.17, 15) is 13.2 Å². The van der Waals surface area contributed by atoms with E-state index in [-0.39, 0.29) is 5.92 Å². The molecule has 0 aliphatic heterocycles. The van der Waals surface area contributed by atoms with Gasteiger partial charge in [-0.25, -0.2) is 13.2 Å². The lowest BCUT2D eigenvalue weighted by atomic mass is 9.74. The molecule has 1 aromatic carbocycles. The van der Waals surface area contributed by atoms with Crippen LogP contribution in [0.25, 0.3) is 0 Å². The molecule has 3 heteroatoms. The van der Waals surface area contributed by atoms with Crippen molar-refractivity contribution in [1.29, 1.82) is 0 Å². The summed E-state index contributed by atoms with van der Waals surface area (Å²) in [5.74, 6) is -0.870. The summed E-state index contributed by atoms with van der Waals surface area (Å²) < 4.78 is 40.2. The third-order valence-electron chi connectivity index (χ3n) is 7.06. The summed E-state index contributed by atoms with van der Waals surface area (Å²) in [4.78, 5) is 0. The van der Waals surface area contributed by atoms with Crippen LogP contribution in [0.3, 0.4) is 0 Å². The van der Waals surface area contributed by atoms with E-state index in [4.69, 9.17) is 0 Å². The highest BCUT2D eigenvalue weighted by Crippen LogP contribution is 2.40. The van der Waals surface area contributed by atoms with Crippen LogP contribution in [-0.4, -0.2) is 0 Å². The van der Waals surface area contributed by atoms with Crippen LogP contribution in [0.15, 0.2) is 24.3 Å². The molecule has 0 bridgehead atoms. The lowest BCUT2D eigenvalue weighted by Gasteiger charge is -2.31. The summed E-state index contributed by atoms with van der Waals surface area (Å²) in [5.41, 5.74) is 0.629. The monoisotopic (exact) mass is 392 g/mol. The third kappa shape index (κ3) is 5.87. The molecule has 0 aromatic heterocycles. The Morgan fingerprint density at radius 2 is 1.36 bits per heavy atom. The van der Waals surface area contributed by atoms with Crippen LogP contribution in [0.1, 0.15) is 95.5 Å². The van der Waals surface area contributed by atoms with E-state index in [1.54, 1.807) is 0 Å². The van der Waals surface area contributed by atoms with Gasteiger partial charge in [-0.2, -0.15) is 0 Å². The Morgan fingerprint density at radius 1 is 0.821 bits per heavy atom. The molecule has 156 valence electrons. The molecule has 28 heavy (non-hydrogen) atoms. The Balaban J connectivity index is 1.37. The largest absolute Gasteiger partial charge is 0.204 e. The van der Waals surface area contributed by atoms with Gasteiger partial charge in [0, 0.05) is 0 Å². The SMILES string of the molecule is CCC/C=C/[C@H]1CC[C@H](CC[C@H]2CC[C@H](c3cc(F)c(F)c(F)c3)CC2)CC1. The Kier molecular flexibility index (Phi) is 8.05. The Hall–Kier alpha value is -1.25. The smallest absolute Gasteiger partial charge is 0.194 e. The van der Waals surface area contributed by atoms with E-state index in [1.807, 2.05) is 0 Å². The van der Waals surface area contributed by atoms with Crippen molar-refractivity contribution in [2.75, 3.05) is 0 Å². The van der Waals surface area contributed by atoms with E-state index >= 15 is 0 Å². The Labute approximate surface area is 168 Å². The number of allylic oxidation sites excluding steroid dienone is 2. The van der Waals surface area contributed by atoms with Crippen LogP contribution in [0, 0.1) is 35.2 Å². The first-order valence-corrected chi connectivity index (χ1v) is 11.4. The van der Waals surface area contributed by atoms with Crippen LogP contribution in [-0.2, 0) is 0 Å². The summed E-state index contributed by atoms with van der Waals surface area (Å²) in [7, 11) is 0. The molecule has 0 radical (unpaired) electrons. The number of halogens is 3. The lowest BCUT2D eigenvalue weighted by Crippen LogP contribution is -2.17. The molecule has 2 saturated carbocycles. The molecule has 2 fully saturated rings. The lowest BCUT2D eigenvalue weighted by molar-refractivity contribution is 0.245. The minimum Gasteiger partial charge on any atom is -0.204 e. The maximum absolute atomic E-state index is 13.5. The van der Waals surface area contributed by atoms with Crippen LogP contribution < -0.4 is 0 Å². The molecule has 0 N–H and O–H groups in total. The van der Waals surface area contributed by atoms with Gasteiger partial charge in [-0.15, -0.1) is 0 Å². The van der Waals surface area contributed by atoms with Crippen LogP contribution in [0.2, 0.25) is 0 Å². The zero-order valence-corrected chi connectivity index (χ0v) is 17.2. The van der Waals surface area contributed by atoms with Crippen molar-refractivity contribution in [2.24, 2.45) is 17.8 Å². The molecular weight excluding hydrogens is 357 g/mol. The molecule has 0 saturated heterocycles. The molecule has 2 aliphatic rings. The Morgan fingerprint density at radius 3 is 1.89 bits per heavy atom. The standard InChI is InChI=1S/C25H35F3/c1-2-3-4-5-18-6-8-19(9-7-18)10-11-20-12-14-21(15-13-20)22-16-23(26)25(28)24(27)17-22/h4-5,16-21H,2-3,6-15H2,1H3/b5-4+/t18-,19-,20-,21-. The minimum absolute atomic E-state index is 0.172. The van der Waals surface area contributed by atoms with Crippen molar-refractivity contribution in [1.82, 2.24) is 0 Å². The fourth-order valence-electron chi connectivity index (χ4n) is 5.19. The van der Waals surface area contributed by atoms with Crippen molar-refractivity contribution < 1.29 is 13.2 Å². The Bertz CT molecular complexity index is 612. The molecule has 3 rings (SSSR count). The van der Waals surface area contributed by atoms with Crippen LogP contribution in [0.5, 0.6) is 0 Å². The quantitative estimate of drug-likeness (QED) is 0.323. The van der Waals surface area contributed by atoms with Crippen LogP contribution in [0.4, 0.5) is 13.2 Å². The summed E-state index contributed by atoms with van der Waals surface area (Å²) >= 11 is 0. The van der Waals surface area contributed by atoms with Crippen molar-refractivity contribution in [2.45, 2.75) is 89.9 Å². The first-order valence-electron chi connectivity index (χ1n) is 11.4. The fraction of sp³-hybridized carbons (Fsp3) is 0.680. The van der Waals surface area contributed by atoms with E-state index in [0.29, 0.717) is 5.56 Å². The highest BCUT2D eigenvalue weighted by molar-refractivity contribution is 5.23. The summed E-state index contributed by atoms with van der Waals surface area (Å²) in [6, 6.07) is 2.38. The van der Waals surface area contributed by atoms with Crippen molar-refractivity contribution in [3.8, 4) is 0 Å². The van der Waals surface area contributed by atoms with Gasteiger partial charge >= 0.3 is 0 Å². The molecule has 1 aromatic rings. The van der Waals surface area contributed by atoms with Crippen molar-refractivity contribution >= 4 is 0 Å². The first-order chi connectivity index (χ1) is 13.6. The molecule has 0 atom stereocenters. The van der Waals surface area contributed by atoms with Crippen molar-refractivity contribution in [3.05, 3.63) is 47.3 Å². The molecule has 0 amide bonds. The van der Waals surface area contributed by atoms with E-state index in [0.717, 1.165) is 43.4 Å². The zero-order valence-electron chi connectivity index (χ0n) is 17.2. The van der Waals surface area contributed by atoms with Gasteiger partial charge in [0.1, 0.15) is 0 Å². The number of hydrogen-bond acceptors (Lipinski definition) is 0. The highest BCUT2D eigenvalue weighted by atomic mass is 19.2. The van der Waals surface area contributed by atoms with Gasteiger partial charge in [0.25, 0.3) is 0 Å². The number of hydrogen-bond donors (Lipinski definition) is 0. The minimum atomic E-state index is -1.35. The van der Waals surface area contributed by atoms with Gasteiger partial charge in [-0.1, -0.05) is 38.3 Å². The number of benzene rings is 1. The number of rotatable bonds is 7. The summed E-state index contributed by atoms with van der Waals surface area (Å²) in [6.07, 6.45) is 19.5. The maximum atomic E-state index is 13.5. The van der Waals surface area contributed by atoms with E-state index in [2.05, 4.69) is 19.1 Å². The first kappa shape index (κ1) is 21.5. The fourth-order valence-corrected chi connectivity index (χ4v) is 5.19. The summed E-state index contributed by atoms with van der Waals surface area (Å²) in [6.45, 7) is 2.23. The second-order valence-corrected chi connectivity index (χ2v) is 9.09. The molecule has 0 spiro atoms. The predicted octanol–water partition coefficient (Wildman–Crippen LogP) is 8.32. The average Bonchev–Trinajstić information content (AvgIpc) is 2.71. The topological polar surface area (TPSA) is 0 Å². The second-order valence-electron chi connectivity index (χ2n) is 9.09. The highest BCUT2D eigenvalue weighted by Gasteiger charge is 2.26. The molecule has 0 unspecified atom stereocenters. The van der Waals surface area contributed by atoms with Gasteiger partial charge in [0.05, 0.1) is 0 Å². The molecule has 2 aliphatic carbocycles. The van der Waals surface area contributed by atoms with Gasteiger partial charge < -0.3 is 0 Å². The molecule has 0 nitrogen and oxygen atoms in total. The zero-order chi connectivity index (χ0) is 19.9. The maximum Gasteiger partial charge on any atom is 0.194 e. The van der Waals surface area contributed by atoms with E-state index < -0.39 is 17.5 Å². The molecule has 0 heterocycles. The number of unbranched alkanes of at least 4 members (excludes halogenated alkanes) is 1. The van der Waals surface area contributed by atoms with Gasteiger partial charge in [-0.3, -0.25) is 0 Å². The third-order valence-corrected chi connectivity index (χ3v) is 7.06. The van der Waals surface area contributed by atoms with Gasteiger partial charge in [-0.05, 0) is 99.2 Å². The second kappa shape index (κ2) is 10.5. The van der Waals surface area contributed by atoms with Gasteiger partial charge in [0.2, 0.25) is 0 Å². The van der Waals surface area contributed by atoms with E-state index in [1.165, 1.54) is 63.5 Å². The van der Waals surface area contributed by atoms with Crippen LogP contribution >= 0.6 is 0 Å². The molecular formula is C25H35F3. The van der Waals surface area contributed by atoms with Gasteiger partial charge in [0.15, 0.2) is 17.5 Å². The van der Waals surface area contributed by atoms with Crippen molar-refractivity contribution in [3.63, 3.8) is 0 Å².